The maximum absolute atomic E-state index is 6.26. The molecule has 0 amide bonds. The van der Waals surface area contributed by atoms with Crippen LogP contribution in [0.15, 0.2) is 78.9 Å². The normalized spacial score (nSPS) is 11.0. The van der Waals surface area contributed by atoms with Gasteiger partial charge in [-0.2, -0.15) is 0 Å². The second-order valence-corrected chi connectivity index (χ2v) is 5.28. The number of hydrogen-bond donors (Lipinski definition) is 1. The number of hydrogen-bond acceptors (Lipinski definition) is 1. The van der Waals surface area contributed by atoms with Crippen LogP contribution in [0.4, 0.5) is 5.69 Å². The molecule has 0 aliphatic heterocycles. The maximum Gasteiger partial charge on any atom is 0.0400 e. The molecule has 0 saturated heterocycles. The quantitative estimate of drug-likeness (QED) is 0.371. The van der Waals surface area contributed by atoms with Crippen molar-refractivity contribution in [2.75, 3.05) is 5.73 Å². The second-order valence-electron chi connectivity index (χ2n) is 5.28. The van der Waals surface area contributed by atoms with E-state index >= 15 is 0 Å². The molecule has 2 N–H and O–H groups in total. The minimum atomic E-state index is 0.823. The number of anilines is 1. The average Bonchev–Trinajstić information content (AvgIpc) is 2.55. The monoisotopic (exact) mass is 269 g/mol. The molecule has 21 heavy (non-hydrogen) atoms. The van der Waals surface area contributed by atoms with Crippen molar-refractivity contribution in [2.45, 2.75) is 0 Å². The Labute approximate surface area is 123 Å². The summed E-state index contributed by atoms with van der Waals surface area (Å²) in [4.78, 5) is 0. The van der Waals surface area contributed by atoms with Gasteiger partial charge in [-0.05, 0) is 33.2 Å². The van der Waals surface area contributed by atoms with Gasteiger partial charge in [0.25, 0.3) is 0 Å². The predicted molar refractivity (Wildman–Crippen MR) is 91.3 cm³/mol. The number of benzene rings is 4. The Hall–Kier alpha value is -2.80. The molecular formula is C20H15N. The van der Waals surface area contributed by atoms with Crippen LogP contribution < -0.4 is 5.73 Å². The zero-order valence-electron chi connectivity index (χ0n) is 11.6. The molecule has 1 heteroatoms. The molecule has 4 rings (SSSR count). The van der Waals surface area contributed by atoms with Gasteiger partial charge in [0.2, 0.25) is 0 Å². The van der Waals surface area contributed by atoms with Gasteiger partial charge in [0.15, 0.2) is 0 Å². The molecule has 100 valence electrons. The van der Waals surface area contributed by atoms with Crippen molar-refractivity contribution in [3.05, 3.63) is 78.9 Å². The van der Waals surface area contributed by atoms with Crippen LogP contribution in [0.5, 0.6) is 0 Å². The van der Waals surface area contributed by atoms with Gasteiger partial charge in [0, 0.05) is 11.3 Å². The van der Waals surface area contributed by atoms with Crippen LogP contribution in [-0.2, 0) is 0 Å². The van der Waals surface area contributed by atoms with E-state index in [9.17, 15) is 0 Å². The van der Waals surface area contributed by atoms with E-state index in [0.29, 0.717) is 0 Å². The van der Waals surface area contributed by atoms with Gasteiger partial charge >= 0.3 is 0 Å². The highest BCUT2D eigenvalue weighted by Crippen LogP contribution is 2.36. The summed E-state index contributed by atoms with van der Waals surface area (Å²) in [6.07, 6.45) is 0. The molecule has 0 atom stereocenters. The van der Waals surface area contributed by atoms with Crippen LogP contribution in [0, 0.1) is 0 Å². The van der Waals surface area contributed by atoms with Crippen LogP contribution in [0.2, 0.25) is 0 Å². The van der Waals surface area contributed by atoms with E-state index in [2.05, 4.69) is 66.7 Å². The highest BCUT2D eigenvalue weighted by molar-refractivity contribution is 6.14. The van der Waals surface area contributed by atoms with E-state index in [4.69, 9.17) is 5.73 Å². The summed E-state index contributed by atoms with van der Waals surface area (Å²) in [7, 11) is 0. The van der Waals surface area contributed by atoms with Gasteiger partial charge in [-0.25, -0.2) is 0 Å². The molecule has 0 unspecified atom stereocenters. The summed E-state index contributed by atoms with van der Waals surface area (Å²) in [6, 6.07) is 27.3. The van der Waals surface area contributed by atoms with E-state index in [0.717, 1.165) is 16.8 Å². The van der Waals surface area contributed by atoms with Gasteiger partial charge in [-0.15, -0.1) is 0 Å². The summed E-state index contributed by atoms with van der Waals surface area (Å²) in [5.74, 6) is 0. The zero-order chi connectivity index (χ0) is 14.2. The summed E-state index contributed by atoms with van der Waals surface area (Å²) in [5.41, 5.74) is 9.37. The molecular weight excluding hydrogens is 254 g/mol. The Morgan fingerprint density at radius 2 is 1.24 bits per heavy atom. The molecule has 1 nitrogen and oxygen atoms in total. The molecule has 4 aromatic carbocycles. The van der Waals surface area contributed by atoms with Crippen molar-refractivity contribution in [3.8, 4) is 11.1 Å². The highest BCUT2D eigenvalue weighted by atomic mass is 14.6. The fourth-order valence-corrected chi connectivity index (χ4v) is 3.03. The van der Waals surface area contributed by atoms with Crippen molar-refractivity contribution < 1.29 is 0 Å². The molecule has 0 aromatic heterocycles. The third-order valence-corrected chi connectivity index (χ3v) is 4.02. The standard InChI is InChI=1S/C20H15N/c21-19-13-12-17-16-9-5-4-6-14(16)10-11-18(17)20(19)15-7-2-1-3-8-15/h1-13H,21H2. The summed E-state index contributed by atoms with van der Waals surface area (Å²) < 4.78 is 0. The minimum absolute atomic E-state index is 0.823. The molecule has 0 saturated carbocycles. The smallest absolute Gasteiger partial charge is 0.0400 e. The zero-order valence-corrected chi connectivity index (χ0v) is 11.6. The van der Waals surface area contributed by atoms with Crippen LogP contribution >= 0.6 is 0 Å². The van der Waals surface area contributed by atoms with Crippen LogP contribution in [0.3, 0.4) is 0 Å². The highest BCUT2D eigenvalue weighted by Gasteiger charge is 2.09. The lowest BCUT2D eigenvalue weighted by molar-refractivity contribution is 1.65. The van der Waals surface area contributed by atoms with Crippen molar-refractivity contribution in [1.82, 2.24) is 0 Å². The lowest BCUT2D eigenvalue weighted by Crippen LogP contribution is -1.92. The largest absolute Gasteiger partial charge is 0.398 e. The lowest BCUT2D eigenvalue weighted by Gasteiger charge is -2.12. The van der Waals surface area contributed by atoms with Gasteiger partial charge in [-0.1, -0.05) is 72.8 Å². The molecule has 0 spiro atoms. The van der Waals surface area contributed by atoms with Gasteiger partial charge in [-0.3, -0.25) is 0 Å². The molecule has 0 aliphatic rings. The SMILES string of the molecule is Nc1ccc2c(ccc3ccccc32)c1-c1ccccc1. The van der Waals surface area contributed by atoms with Crippen molar-refractivity contribution >= 4 is 27.2 Å². The Morgan fingerprint density at radius 3 is 2.10 bits per heavy atom. The van der Waals surface area contributed by atoms with Crippen molar-refractivity contribution in [3.63, 3.8) is 0 Å². The maximum atomic E-state index is 6.26. The fourth-order valence-electron chi connectivity index (χ4n) is 3.03. The van der Waals surface area contributed by atoms with Gasteiger partial charge < -0.3 is 5.73 Å². The summed E-state index contributed by atoms with van der Waals surface area (Å²) in [6.45, 7) is 0. The molecule has 0 heterocycles. The summed E-state index contributed by atoms with van der Waals surface area (Å²) >= 11 is 0. The van der Waals surface area contributed by atoms with Gasteiger partial charge in [0.05, 0.1) is 0 Å². The number of nitrogen functional groups attached to an aromatic ring is 1. The van der Waals surface area contributed by atoms with Crippen molar-refractivity contribution in [1.29, 1.82) is 0 Å². The average molecular weight is 269 g/mol. The Bertz CT molecular complexity index is 940. The Kier molecular flexibility index (Phi) is 2.65. The molecule has 4 aromatic rings. The number of fused-ring (bicyclic) bond motifs is 3. The van der Waals surface area contributed by atoms with E-state index < -0.39 is 0 Å². The van der Waals surface area contributed by atoms with Crippen LogP contribution in [0.1, 0.15) is 0 Å². The first-order chi connectivity index (χ1) is 10.3. The van der Waals surface area contributed by atoms with Crippen molar-refractivity contribution in [2.24, 2.45) is 0 Å². The minimum Gasteiger partial charge on any atom is -0.398 e. The third kappa shape index (κ3) is 1.86. The third-order valence-electron chi connectivity index (χ3n) is 4.02. The number of rotatable bonds is 1. The summed E-state index contributed by atoms with van der Waals surface area (Å²) in [5, 5.41) is 4.99. The van der Waals surface area contributed by atoms with E-state index in [1.807, 2.05) is 12.1 Å². The fraction of sp³-hybridized carbons (Fsp3) is 0. The second kappa shape index (κ2) is 4.64. The first-order valence-electron chi connectivity index (χ1n) is 7.10. The number of nitrogens with two attached hydrogens (primary N) is 1. The van der Waals surface area contributed by atoms with E-state index in [-0.39, 0.29) is 0 Å². The Balaban J connectivity index is 2.16. The van der Waals surface area contributed by atoms with Gasteiger partial charge in [0.1, 0.15) is 0 Å². The predicted octanol–water partition coefficient (Wildman–Crippen LogP) is 5.24. The van der Waals surface area contributed by atoms with E-state index in [1.54, 1.807) is 0 Å². The first-order valence-corrected chi connectivity index (χ1v) is 7.10. The van der Waals surface area contributed by atoms with Crippen LogP contribution in [-0.4, -0.2) is 0 Å². The molecule has 0 fully saturated rings. The van der Waals surface area contributed by atoms with E-state index in [1.165, 1.54) is 21.5 Å². The molecule has 0 radical (unpaired) electrons. The molecule has 0 aliphatic carbocycles. The Morgan fingerprint density at radius 1 is 0.524 bits per heavy atom. The lowest BCUT2D eigenvalue weighted by atomic mass is 9.93. The molecule has 0 bridgehead atoms. The first kappa shape index (κ1) is 12.0. The topological polar surface area (TPSA) is 26.0 Å². The van der Waals surface area contributed by atoms with Crippen LogP contribution in [0.25, 0.3) is 32.7 Å².